The van der Waals surface area contributed by atoms with Crippen LogP contribution in [0.5, 0.6) is 28.7 Å². The van der Waals surface area contributed by atoms with Crippen molar-refractivity contribution >= 4 is 11.8 Å². The SMILES string of the molecule is COc1ccc(CN(C)C(=O)CNC(=O)c2ccc3c(c2)OCO3)c(OC)c1OC. The molecule has 1 N–H and O–H groups in total. The Hall–Kier alpha value is -3.62. The predicted molar refractivity (Wildman–Crippen MR) is 107 cm³/mol. The van der Waals surface area contributed by atoms with E-state index in [1.807, 2.05) is 0 Å². The Morgan fingerprint density at radius 1 is 1.00 bits per heavy atom. The maximum atomic E-state index is 12.5. The molecule has 30 heavy (non-hydrogen) atoms. The molecule has 160 valence electrons. The van der Waals surface area contributed by atoms with Gasteiger partial charge in [0.1, 0.15) is 0 Å². The van der Waals surface area contributed by atoms with Crippen molar-refractivity contribution in [3.8, 4) is 28.7 Å². The van der Waals surface area contributed by atoms with Gasteiger partial charge in [0.15, 0.2) is 23.0 Å². The van der Waals surface area contributed by atoms with E-state index in [1.54, 1.807) is 37.4 Å². The summed E-state index contributed by atoms with van der Waals surface area (Å²) in [7, 11) is 6.22. The van der Waals surface area contributed by atoms with Crippen LogP contribution in [0.15, 0.2) is 30.3 Å². The van der Waals surface area contributed by atoms with Gasteiger partial charge in [-0.2, -0.15) is 0 Å². The largest absolute Gasteiger partial charge is 0.493 e. The zero-order chi connectivity index (χ0) is 21.7. The van der Waals surface area contributed by atoms with Crippen molar-refractivity contribution in [3.63, 3.8) is 0 Å². The smallest absolute Gasteiger partial charge is 0.251 e. The number of rotatable bonds is 8. The minimum atomic E-state index is -0.376. The molecular formula is C21H24N2O7. The van der Waals surface area contributed by atoms with Gasteiger partial charge in [-0.25, -0.2) is 0 Å². The number of carbonyl (C=O) groups excluding carboxylic acids is 2. The van der Waals surface area contributed by atoms with Crippen molar-refractivity contribution in [2.24, 2.45) is 0 Å². The number of amides is 2. The first-order valence-electron chi connectivity index (χ1n) is 9.18. The molecule has 3 rings (SSSR count). The van der Waals surface area contributed by atoms with Gasteiger partial charge in [0, 0.05) is 24.7 Å². The van der Waals surface area contributed by atoms with Crippen molar-refractivity contribution in [2.75, 3.05) is 41.7 Å². The number of hydrogen-bond acceptors (Lipinski definition) is 7. The summed E-state index contributed by atoms with van der Waals surface area (Å²) >= 11 is 0. The molecule has 1 aliphatic heterocycles. The van der Waals surface area contributed by atoms with Crippen LogP contribution in [0.25, 0.3) is 0 Å². The summed E-state index contributed by atoms with van der Waals surface area (Å²) < 4.78 is 26.6. The number of nitrogens with zero attached hydrogens (tertiary/aromatic N) is 1. The van der Waals surface area contributed by atoms with Gasteiger partial charge in [-0.05, 0) is 30.3 Å². The first kappa shape index (κ1) is 21.1. The average molecular weight is 416 g/mol. The molecule has 0 bridgehead atoms. The van der Waals surface area contributed by atoms with E-state index < -0.39 is 0 Å². The van der Waals surface area contributed by atoms with Crippen LogP contribution in [0.3, 0.4) is 0 Å². The third-order valence-corrected chi connectivity index (χ3v) is 4.65. The van der Waals surface area contributed by atoms with Gasteiger partial charge in [0.05, 0.1) is 27.9 Å². The molecular weight excluding hydrogens is 392 g/mol. The van der Waals surface area contributed by atoms with Crippen LogP contribution < -0.4 is 29.0 Å². The molecule has 0 aromatic heterocycles. The van der Waals surface area contributed by atoms with Gasteiger partial charge in [-0.3, -0.25) is 9.59 Å². The topological polar surface area (TPSA) is 95.6 Å². The van der Waals surface area contributed by atoms with Gasteiger partial charge in [-0.15, -0.1) is 0 Å². The quantitative estimate of drug-likeness (QED) is 0.701. The molecule has 9 heteroatoms. The Morgan fingerprint density at radius 2 is 1.73 bits per heavy atom. The molecule has 0 fully saturated rings. The Bertz CT molecular complexity index is 945. The van der Waals surface area contributed by atoms with Crippen LogP contribution in [0.1, 0.15) is 15.9 Å². The summed E-state index contributed by atoms with van der Waals surface area (Å²) in [6.07, 6.45) is 0. The summed E-state index contributed by atoms with van der Waals surface area (Å²) in [5, 5.41) is 2.62. The van der Waals surface area contributed by atoms with Crippen LogP contribution in [0, 0.1) is 0 Å². The average Bonchev–Trinajstić information content (AvgIpc) is 3.24. The van der Waals surface area contributed by atoms with Crippen LogP contribution in [0.4, 0.5) is 0 Å². The van der Waals surface area contributed by atoms with E-state index in [1.165, 1.54) is 26.2 Å². The molecule has 0 atom stereocenters. The second-order valence-corrected chi connectivity index (χ2v) is 6.49. The van der Waals surface area contributed by atoms with Gasteiger partial charge in [0.2, 0.25) is 18.4 Å². The first-order chi connectivity index (χ1) is 14.5. The van der Waals surface area contributed by atoms with Crippen molar-refractivity contribution in [2.45, 2.75) is 6.54 Å². The lowest BCUT2D eigenvalue weighted by atomic mass is 10.1. The van der Waals surface area contributed by atoms with E-state index in [0.717, 1.165) is 5.56 Å². The minimum Gasteiger partial charge on any atom is -0.493 e. The number of likely N-dealkylation sites (N-methyl/N-ethyl adjacent to an activating group) is 1. The minimum absolute atomic E-state index is 0.128. The van der Waals surface area contributed by atoms with E-state index in [-0.39, 0.29) is 31.7 Å². The van der Waals surface area contributed by atoms with E-state index in [9.17, 15) is 9.59 Å². The highest BCUT2D eigenvalue weighted by molar-refractivity contribution is 5.97. The molecule has 2 amide bonds. The highest BCUT2D eigenvalue weighted by atomic mass is 16.7. The fourth-order valence-corrected chi connectivity index (χ4v) is 3.06. The Kier molecular flexibility index (Phi) is 6.51. The molecule has 0 radical (unpaired) electrons. The van der Waals surface area contributed by atoms with Gasteiger partial charge < -0.3 is 33.9 Å². The van der Waals surface area contributed by atoms with Gasteiger partial charge in [0.25, 0.3) is 5.91 Å². The summed E-state index contributed by atoms with van der Waals surface area (Å²) in [6.45, 7) is 0.241. The molecule has 9 nitrogen and oxygen atoms in total. The lowest BCUT2D eigenvalue weighted by Gasteiger charge is -2.21. The molecule has 0 saturated carbocycles. The summed E-state index contributed by atoms with van der Waals surface area (Å²) in [6, 6.07) is 8.41. The monoisotopic (exact) mass is 416 g/mol. The van der Waals surface area contributed by atoms with E-state index in [4.69, 9.17) is 23.7 Å². The number of methoxy groups -OCH3 is 3. The van der Waals surface area contributed by atoms with Gasteiger partial charge in [-0.1, -0.05) is 0 Å². The standard InChI is InChI=1S/C21H24N2O7/c1-23(11-14-6-8-16(26-2)20(28-4)19(14)27-3)18(24)10-22-21(25)13-5-7-15-17(9-13)30-12-29-15/h5-9H,10-12H2,1-4H3,(H,22,25). The van der Waals surface area contributed by atoms with Crippen molar-refractivity contribution < 1.29 is 33.3 Å². The van der Waals surface area contributed by atoms with Crippen molar-refractivity contribution in [1.29, 1.82) is 0 Å². The maximum absolute atomic E-state index is 12.5. The van der Waals surface area contributed by atoms with E-state index >= 15 is 0 Å². The highest BCUT2D eigenvalue weighted by Gasteiger charge is 2.20. The molecule has 1 aliphatic rings. The lowest BCUT2D eigenvalue weighted by Crippen LogP contribution is -2.37. The second-order valence-electron chi connectivity index (χ2n) is 6.49. The normalized spacial score (nSPS) is 11.6. The third kappa shape index (κ3) is 4.35. The maximum Gasteiger partial charge on any atom is 0.251 e. The fourth-order valence-electron chi connectivity index (χ4n) is 3.06. The fraction of sp³-hybridized carbons (Fsp3) is 0.333. The predicted octanol–water partition coefficient (Wildman–Crippen LogP) is 1.83. The van der Waals surface area contributed by atoms with E-state index in [0.29, 0.717) is 34.3 Å². The second kappa shape index (κ2) is 9.25. The molecule has 1 heterocycles. The number of hydrogen-bond donors (Lipinski definition) is 1. The molecule has 0 saturated heterocycles. The number of ether oxygens (including phenoxy) is 5. The molecule has 2 aromatic carbocycles. The number of nitrogens with one attached hydrogen (secondary N) is 1. The van der Waals surface area contributed by atoms with Gasteiger partial charge >= 0.3 is 0 Å². The summed E-state index contributed by atoms with van der Waals surface area (Å²) in [4.78, 5) is 26.4. The molecule has 0 unspecified atom stereocenters. The van der Waals surface area contributed by atoms with Crippen molar-refractivity contribution in [3.05, 3.63) is 41.5 Å². The van der Waals surface area contributed by atoms with E-state index in [2.05, 4.69) is 5.32 Å². The Morgan fingerprint density at radius 3 is 2.43 bits per heavy atom. The number of carbonyl (C=O) groups is 2. The first-order valence-corrected chi connectivity index (χ1v) is 9.18. The van der Waals surface area contributed by atoms with Crippen LogP contribution >= 0.6 is 0 Å². The zero-order valence-electron chi connectivity index (χ0n) is 17.3. The highest BCUT2D eigenvalue weighted by Crippen LogP contribution is 2.40. The number of benzene rings is 2. The van der Waals surface area contributed by atoms with Crippen LogP contribution in [0.2, 0.25) is 0 Å². The summed E-state index contributed by atoms with van der Waals surface area (Å²) in [5.74, 6) is 1.93. The molecule has 2 aromatic rings. The van der Waals surface area contributed by atoms with Crippen molar-refractivity contribution in [1.82, 2.24) is 10.2 Å². The summed E-state index contributed by atoms with van der Waals surface area (Å²) in [5.41, 5.74) is 1.13. The van der Waals surface area contributed by atoms with Crippen LogP contribution in [-0.2, 0) is 11.3 Å². The lowest BCUT2D eigenvalue weighted by molar-refractivity contribution is -0.129. The number of fused-ring (bicyclic) bond motifs is 1. The Labute approximate surface area is 174 Å². The molecule has 0 aliphatic carbocycles. The van der Waals surface area contributed by atoms with Crippen LogP contribution in [-0.4, -0.2) is 58.4 Å². The Balaban J connectivity index is 1.62. The third-order valence-electron chi connectivity index (χ3n) is 4.65. The zero-order valence-corrected chi connectivity index (χ0v) is 17.3. The molecule has 0 spiro atoms.